The Labute approximate surface area is 241 Å². The van der Waals surface area contributed by atoms with Crippen LogP contribution in [0.15, 0.2) is 71.6 Å². The van der Waals surface area contributed by atoms with Crippen molar-refractivity contribution in [2.45, 2.75) is 64.6 Å². The van der Waals surface area contributed by atoms with E-state index in [1.165, 1.54) is 54.3 Å². The molecule has 0 heterocycles. The Hall–Kier alpha value is -3.43. The van der Waals surface area contributed by atoms with Gasteiger partial charge in [-0.2, -0.15) is 0 Å². The van der Waals surface area contributed by atoms with Crippen LogP contribution in [-0.4, -0.2) is 43.3 Å². The van der Waals surface area contributed by atoms with Crippen LogP contribution in [0.2, 0.25) is 5.02 Å². The Morgan fingerprint density at radius 2 is 1.60 bits per heavy atom. The fraction of sp³-hybridized carbons (Fsp3) is 0.333. The largest absolute Gasteiger partial charge is 0.350 e. The van der Waals surface area contributed by atoms with Crippen molar-refractivity contribution in [3.63, 3.8) is 0 Å². The number of rotatable bonds is 9. The highest BCUT2D eigenvalue weighted by molar-refractivity contribution is 7.92. The number of nitrogens with zero attached hydrogens (tertiary/aromatic N) is 2. The van der Waals surface area contributed by atoms with Gasteiger partial charge >= 0.3 is 0 Å². The van der Waals surface area contributed by atoms with Gasteiger partial charge in [0.05, 0.1) is 10.6 Å². The van der Waals surface area contributed by atoms with Gasteiger partial charge in [0.15, 0.2) is 0 Å². The maximum atomic E-state index is 14.6. The van der Waals surface area contributed by atoms with Gasteiger partial charge in [-0.3, -0.25) is 13.9 Å². The predicted molar refractivity (Wildman–Crippen MR) is 156 cm³/mol. The van der Waals surface area contributed by atoms with Gasteiger partial charge < -0.3 is 10.2 Å². The van der Waals surface area contributed by atoms with Crippen LogP contribution in [0.1, 0.15) is 44.4 Å². The van der Waals surface area contributed by atoms with E-state index in [-0.39, 0.29) is 22.7 Å². The number of hydrogen-bond donors (Lipinski definition) is 1. The van der Waals surface area contributed by atoms with Crippen molar-refractivity contribution in [3.05, 3.63) is 94.3 Å². The molecule has 0 aliphatic heterocycles. The van der Waals surface area contributed by atoms with E-state index in [0.29, 0.717) is 5.02 Å². The molecule has 214 valence electrons. The van der Waals surface area contributed by atoms with Crippen LogP contribution in [-0.2, 0) is 26.2 Å². The first-order valence-corrected chi connectivity index (χ1v) is 14.6. The number of nitrogens with one attached hydrogen (secondary N) is 1. The van der Waals surface area contributed by atoms with E-state index in [0.717, 1.165) is 15.4 Å². The zero-order chi connectivity index (χ0) is 29.8. The Morgan fingerprint density at radius 3 is 2.17 bits per heavy atom. The molecule has 0 radical (unpaired) electrons. The van der Waals surface area contributed by atoms with E-state index in [9.17, 15) is 22.4 Å². The Bertz CT molecular complexity index is 1490. The molecule has 0 aromatic heterocycles. The summed E-state index contributed by atoms with van der Waals surface area (Å²) in [7, 11) is -4.23. The van der Waals surface area contributed by atoms with Crippen molar-refractivity contribution in [1.29, 1.82) is 0 Å². The van der Waals surface area contributed by atoms with E-state index >= 15 is 0 Å². The fourth-order valence-electron chi connectivity index (χ4n) is 4.01. The summed E-state index contributed by atoms with van der Waals surface area (Å²) in [5, 5.41) is 3.21. The summed E-state index contributed by atoms with van der Waals surface area (Å²) in [6.45, 7) is 9.85. The number of hydrogen-bond acceptors (Lipinski definition) is 4. The van der Waals surface area contributed by atoms with Gasteiger partial charge in [0.25, 0.3) is 10.0 Å². The van der Waals surface area contributed by atoms with Crippen LogP contribution in [0, 0.1) is 19.7 Å². The first-order valence-electron chi connectivity index (χ1n) is 12.8. The lowest BCUT2D eigenvalue weighted by atomic mass is 10.1. The Morgan fingerprint density at radius 1 is 0.975 bits per heavy atom. The number of benzene rings is 3. The summed E-state index contributed by atoms with van der Waals surface area (Å²) < 4.78 is 43.4. The molecule has 1 N–H and O–H groups in total. The highest BCUT2D eigenvalue weighted by atomic mass is 35.5. The molecule has 1 unspecified atom stereocenters. The molecule has 40 heavy (non-hydrogen) atoms. The molecule has 0 fully saturated rings. The van der Waals surface area contributed by atoms with Crippen LogP contribution in [0.5, 0.6) is 0 Å². The van der Waals surface area contributed by atoms with Gasteiger partial charge in [-0.25, -0.2) is 12.8 Å². The van der Waals surface area contributed by atoms with Crippen molar-refractivity contribution in [3.8, 4) is 0 Å². The number of amides is 2. The number of anilines is 1. The number of halogens is 2. The molecule has 0 bridgehead atoms. The SMILES string of the molecule is Cc1ccc(N(CC(=O)N(Cc2ccccc2F)C(C)C(=O)NC(C)(C)C)S(=O)(=O)c2ccc(Cl)cc2)cc1C. The third-order valence-electron chi connectivity index (χ3n) is 6.42. The highest BCUT2D eigenvalue weighted by Crippen LogP contribution is 2.27. The third kappa shape index (κ3) is 7.61. The van der Waals surface area contributed by atoms with Crippen molar-refractivity contribution in [2.24, 2.45) is 0 Å². The van der Waals surface area contributed by atoms with Gasteiger partial charge in [0, 0.05) is 22.7 Å². The second kappa shape index (κ2) is 12.4. The lowest BCUT2D eigenvalue weighted by molar-refractivity contribution is -0.140. The van der Waals surface area contributed by atoms with Gasteiger partial charge in [-0.15, -0.1) is 0 Å². The molecular weight excluding hydrogens is 553 g/mol. The van der Waals surface area contributed by atoms with Gasteiger partial charge in [0.1, 0.15) is 18.4 Å². The summed E-state index contributed by atoms with van der Waals surface area (Å²) >= 11 is 5.98. The van der Waals surface area contributed by atoms with E-state index in [1.807, 2.05) is 13.8 Å². The lowest BCUT2D eigenvalue weighted by Gasteiger charge is -2.33. The average Bonchev–Trinajstić information content (AvgIpc) is 2.87. The molecule has 0 aliphatic carbocycles. The summed E-state index contributed by atoms with van der Waals surface area (Å²) in [5.41, 5.74) is 1.69. The fourth-order valence-corrected chi connectivity index (χ4v) is 5.54. The molecule has 1 atom stereocenters. The minimum atomic E-state index is -4.23. The van der Waals surface area contributed by atoms with Crippen molar-refractivity contribution in [2.75, 3.05) is 10.8 Å². The summed E-state index contributed by atoms with van der Waals surface area (Å²) in [6.07, 6.45) is 0. The first kappa shape index (κ1) is 31.1. The maximum Gasteiger partial charge on any atom is 0.264 e. The van der Waals surface area contributed by atoms with Crippen molar-refractivity contribution >= 4 is 39.1 Å². The average molecular weight is 588 g/mol. The highest BCUT2D eigenvalue weighted by Gasteiger charge is 2.33. The van der Waals surface area contributed by atoms with E-state index < -0.39 is 45.8 Å². The number of carbonyl (C=O) groups excluding carboxylic acids is 2. The van der Waals surface area contributed by atoms with Crippen molar-refractivity contribution in [1.82, 2.24) is 10.2 Å². The molecule has 7 nitrogen and oxygen atoms in total. The summed E-state index contributed by atoms with van der Waals surface area (Å²) in [6, 6.07) is 15.7. The molecule has 3 rings (SSSR count). The predicted octanol–water partition coefficient (Wildman–Crippen LogP) is 5.62. The van der Waals surface area contributed by atoms with Gasteiger partial charge in [0.2, 0.25) is 11.8 Å². The normalized spacial score (nSPS) is 12.5. The zero-order valence-electron chi connectivity index (χ0n) is 23.5. The Kier molecular flexibility index (Phi) is 9.64. The third-order valence-corrected chi connectivity index (χ3v) is 8.46. The summed E-state index contributed by atoms with van der Waals surface area (Å²) in [5.74, 6) is -1.66. The minimum absolute atomic E-state index is 0.0536. The molecule has 3 aromatic carbocycles. The Balaban J connectivity index is 2.08. The van der Waals surface area contributed by atoms with Crippen LogP contribution < -0.4 is 9.62 Å². The molecule has 2 amide bonds. The molecular formula is C30H35ClFN3O4S. The first-order chi connectivity index (χ1) is 18.6. The van der Waals surface area contributed by atoms with Crippen molar-refractivity contribution < 1.29 is 22.4 Å². The van der Waals surface area contributed by atoms with Gasteiger partial charge in [-0.1, -0.05) is 35.9 Å². The molecule has 0 saturated carbocycles. The van der Waals surface area contributed by atoms with Crippen LogP contribution in [0.25, 0.3) is 0 Å². The second-order valence-electron chi connectivity index (χ2n) is 10.8. The molecule has 0 saturated heterocycles. The second-order valence-corrected chi connectivity index (χ2v) is 13.1. The summed E-state index contributed by atoms with van der Waals surface area (Å²) in [4.78, 5) is 28.2. The maximum absolute atomic E-state index is 14.6. The van der Waals surface area contributed by atoms with Crippen LogP contribution in [0.4, 0.5) is 10.1 Å². The quantitative estimate of drug-likeness (QED) is 0.352. The number of carbonyl (C=O) groups is 2. The van der Waals surface area contributed by atoms with Crippen LogP contribution >= 0.6 is 11.6 Å². The monoisotopic (exact) mass is 587 g/mol. The topological polar surface area (TPSA) is 86.8 Å². The molecule has 10 heteroatoms. The lowest BCUT2D eigenvalue weighted by Crippen LogP contribution is -2.54. The standard InChI is InChI=1S/C30H35ClFN3O4S/c1-20-11-14-25(17-21(20)2)35(40(38,39)26-15-12-24(31)13-16-26)19-28(36)34(18-23-9-7-8-10-27(23)32)22(3)29(37)33-30(4,5)6/h7-17,22H,18-19H2,1-6H3,(H,33,37). The van der Waals surface area contributed by atoms with E-state index in [4.69, 9.17) is 11.6 Å². The smallest absolute Gasteiger partial charge is 0.264 e. The molecule has 3 aromatic rings. The number of aryl methyl sites for hydroxylation is 2. The zero-order valence-corrected chi connectivity index (χ0v) is 25.1. The van der Waals surface area contributed by atoms with E-state index in [1.54, 1.807) is 45.0 Å². The number of sulfonamides is 1. The van der Waals surface area contributed by atoms with Gasteiger partial charge in [-0.05, 0) is 95.1 Å². The van der Waals surface area contributed by atoms with Crippen LogP contribution in [0.3, 0.4) is 0 Å². The molecule has 0 spiro atoms. The minimum Gasteiger partial charge on any atom is -0.350 e. The van der Waals surface area contributed by atoms with E-state index in [2.05, 4.69) is 5.32 Å². The molecule has 0 aliphatic rings.